The van der Waals surface area contributed by atoms with Crippen molar-refractivity contribution in [3.05, 3.63) is 118 Å². The van der Waals surface area contributed by atoms with E-state index in [1.807, 2.05) is 52.9 Å². The van der Waals surface area contributed by atoms with E-state index in [1.165, 1.54) is 41.4 Å². The molecule has 3 aromatic carbocycles. The van der Waals surface area contributed by atoms with Gasteiger partial charge < -0.3 is 122 Å². The maximum absolute atomic E-state index is 14.5. The van der Waals surface area contributed by atoms with Crippen LogP contribution in [0.2, 0.25) is 0 Å². The van der Waals surface area contributed by atoms with Crippen molar-refractivity contribution in [1.82, 2.24) is 40.2 Å². The van der Waals surface area contributed by atoms with Gasteiger partial charge in [0.2, 0.25) is 23.6 Å². The fourth-order valence-electron chi connectivity index (χ4n) is 19.9. The normalized spacial score (nSPS) is 21.4. The molecule has 4 aliphatic carbocycles. The molecule has 0 radical (unpaired) electrons. The number of aromatic nitrogens is 4. The number of carboxylic acids is 2. The van der Waals surface area contributed by atoms with Gasteiger partial charge in [0.05, 0.1) is 179 Å². The van der Waals surface area contributed by atoms with E-state index in [-0.39, 0.29) is 111 Å². The number of para-hydroxylation sites is 1. The van der Waals surface area contributed by atoms with Gasteiger partial charge in [0.1, 0.15) is 42.8 Å². The minimum Gasteiger partial charge on any atom is -0.479 e. The molecular formula is C97H139N11O30S2. The monoisotopic (exact) mass is 2000 g/mol. The van der Waals surface area contributed by atoms with Crippen molar-refractivity contribution in [1.29, 1.82) is 0 Å². The van der Waals surface area contributed by atoms with E-state index >= 15 is 0 Å². The molecule has 43 heteroatoms. The Hall–Kier alpha value is -9.46. The van der Waals surface area contributed by atoms with Gasteiger partial charge in [0.25, 0.3) is 16.0 Å². The van der Waals surface area contributed by atoms with Crippen LogP contribution < -0.4 is 26.2 Å². The van der Waals surface area contributed by atoms with Crippen LogP contribution >= 0.6 is 11.3 Å². The lowest BCUT2D eigenvalue weighted by atomic mass is 9.39. The number of thiazole rings is 1. The number of benzene rings is 3. The van der Waals surface area contributed by atoms with Crippen molar-refractivity contribution in [2.24, 2.45) is 22.2 Å². The van der Waals surface area contributed by atoms with Gasteiger partial charge in [-0.1, -0.05) is 76.3 Å². The standard InChI is InChI=1S/C97H139N11O30S2/c1-9-80(110)105(27-30-126-34-35-128-38-39-130-42-43-132-46-47-134-50-51-135-49-48-133-45-44-131-41-40-129-37-36-127-33-32-125-8)26-24-79(109)103-81(64(2)3)89(116)99-65(4)87(114)100-70-19-17-69(68(53-70)18-21-76-83(111)84(112)85(113)86(138-76)91(119)120)56-136-93(121)106(29-52-140(122,123)124)28-31-137-97-60-94(6)57-95(7,61-97)59-96(58-94,62-97)63-108-66(5)73(54-98-108)71-20-22-78(102-82(71)90(117)118)107-25-23-67-13-12-14-72(74(67)55-107)88(115)104-92-101-75-15-10-11-16-77(75)139-92/h10-17,19-20,22,53-54,64-65,76,81,83-86,111-113H,9,18,21,23-52,55-63H2,1-8H3,(H,99,116)(H,100,114)(H,103,109)(H,117,118)(H,119,120)(H,101,104,115)(H,122,123,124)/t65-,76-,81-,83-,84+,85-,86-,94?,95?,96?,97?/m0/s1. The van der Waals surface area contributed by atoms with Crippen LogP contribution in [0.3, 0.4) is 0 Å². The molecule has 2 unspecified atom stereocenters. The zero-order chi connectivity index (χ0) is 101. The van der Waals surface area contributed by atoms with Crippen molar-refractivity contribution in [2.75, 3.05) is 206 Å². The topological polar surface area (TPSA) is 523 Å². The maximum atomic E-state index is 14.5. The summed E-state index contributed by atoms with van der Waals surface area (Å²) in [5.74, 6) is -6.19. The highest BCUT2D eigenvalue weighted by Gasteiger charge is 2.66. The molecule has 5 fully saturated rings. The molecule has 6 aliphatic rings. The van der Waals surface area contributed by atoms with Crippen molar-refractivity contribution in [3.63, 3.8) is 0 Å². The van der Waals surface area contributed by atoms with Crippen LogP contribution in [0.15, 0.2) is 79.0 Å². The second-order valence-corrected chi connectivity index (χ2v) is 39.9. The van der Waals surface area contributed by atoms with Crippen molar-refractivity contribution in [3.8, 4) is 11.1 Å². The second kappa shape index (κ2) is 53.8. The average molecular weight is 2000 g/mol. The molecule has 4 saturated carbocycles. The number of aliphatic carboxylic acids is 1. The van der Waals surface area contributed by atoms with Crippen LogP contribution in [0.5, 0.6) is 0 Å². The number of amides is 6. The van der Waals surface area contributed by atoms with Gasteiger partial charge in [-0.2, -0.15) is 13.5 Å². The molecule has 9 atom stereocenters. The Balaban J connectivity index is 0.628. The number of aromatic carboxylic acids is 1. The largest absolute Gasteiger partial charge is 0.479 e. The van der Waals surface area contributed by atoms with Crippen molar-refractivity contribution >= 4 is 95.9 Å². The first-order valence-corrected chi connectivity index (χ1v) is 50.3. The summed E-state index contributed by atoms with van der Waals surface area (Å²) in [5.41, 5.74) is 3.96. The van der Waals surface area contributed by atoms with Crippen LogP contribution in [-0.4, -0.2) is 355 Å². The molecule has 774 valence electrons. The predicted molar refractivity (Wildman–Crippen MR) is 513 cm³/mol. The number of aryl methyl sites for hydroxylation is 1. The third-order valence-electron chi connectivity index (χ3n) is 25.7. The number of methoxy groups -OCH3 is 1. The van der Waals surface area contributed by atoms with Gasteiger partial charge >= 0.3 is 18.0 Å². The molecular weight excluding hydrogens is 1860 g/mol. The SMILES string of the molecule is CCC(=O)N(CCOCCOCCOCCOCCOCCOCCOCCOCCOCCOCCOC)CCC(=O)N[C@H](C(=O)N[C@@H](C)C(=O)Nc1ccc(COC(=O)N(CCOC23CC4(C)CC(C)(CC(Cn5ncc(-c6ccc(N7CCc8cccc(C(=O)Nc9nc%10ccccc%10s9)c8C7)nc6C(=O)O)c5C)(C4)C2)C3)CCS(=O)(=O)O)c(CC[C@@H]2O[C@H](C(=O)O)[C@@H](O)[C@H](O)[C@H]2O)c1)C(C)C. The number of nitrogens with zero attached hydrogens (tertiary/aromatic N) is 7. The number of carbonyl (C=O) groups excluding carboxylic acids is 6. The number of nitrogens with one attached hydrogen (secondary N) is 4. The Labute approximate surface area is 820 Å². The average Bonchev–Trinajstić information content (AvgIpc) is 0.752. The van der Waals surface area contributed by atoms with Crippen LogP contribution in [0, 0.1) is 29.1 Å². The highest BCUT2D eigenvalue weighted by molar-refractivity contribution is 7.85. The summed E-state index contributed by atoms with van der Waals surface area (Å²) in [6.07, 6.45) is -3.42. The van der Waals surface area contributed by atoms with Crippen LogP contribution in [0.4, 0.5) is 21.4 Å². The number of hydrogen-bond donors (Lipinski definition) is 10. The lowest BCUT2D eigenvalue weighted by Crippen LogP contribution is -2.64. The van der Waals surface area contributed by atoms with E-state index in [4.69, 9.17) is 76.4 Å². The molecule has 4 bridgehead atoms. The summed E-state index contributed by atoms with van der Waals surface area (Å²) < 4.78 is 117. The van der Waals surface area contributed by atoms with Gasteiger partial charge in [0.15, 0.2) is 16.9 Å². The third-order valence-corrected chi connectivity index (χ3v) is 27.3. The maximum Gasteiger partial charge on any atom is 0.410 e. The van der Waals surface area contributed by atoms with E-state index in [1.54, 1.807) is 52.3 Å². The van der Waals surface area contributed by atoms with Crippen LogP contribution in [0.25, 0.3) is 21.3 Å². The number of fused-ring (bicyclic) bond motifs is 2. The molecule has 41 nitrogen and oxygen atoms in total. The third kappa shape index (κ3) is 32.8. The van der Waals surface area contributed by atoms with Gasteiger partial charge in [-0.3, -0.25) is 38.5 Å². The Kier molecular flexibility index (Phi) is 42.6. The highest BCUT2D eigenvalue weighted by atomic mass is 32.2. The molecule has 140 heavy (non-hydrogen) atoms. The first-order valence-electron chi connectivity index (χ1n) is 47.9. The number of rotatable bonds is 63. The molecule has 10 N–H and O–H groups in total. The van der Waals surface area contributed by atoms with Gasteiger partial charge in [-0.15, -0.1) is 0 Å². The van der Waals surface area contributed by atoms with Crippen molar-refractivity contribution < 1.29 is 143 Å². The summed E-state index contributed by atoms with van der Waals surface area (Å²) in [7, 11) is -3.03. The Morgan fingerprint density at radius 3 is 1.81 bits per heavy atom. The summed E-state index contributed by atoms with van der Waals surface area (Å²) in [5, 5.41) is 69.6. The summed E-state index contributed by atoms with van der Waals surface area (Å²) in [4.78, 5) is 122. The number of ether oxygens (including phenoxy) is 14. The zero-order valence-electron chi connectivity index (χ0n) is 81.3. The summed E-state index contributed by atoms with van der Waals surface area (Å²) in [6, 6.07) is 19.0. The summed E-state index contributed by atoms with van der Waals surface area (Å²) >= 11 is 1.38. The summed E-state index contributed by atoms with van der Waals surface area (Å²) in [6.45, 7) is 21.8. The fraction of sp³-hybridized carbons (Fsp3) is 0.639. The minimum atomic E-state index is -4.65. The van der Waals surface area contributed by atoms with E-state index in [0.717, 1.165) is 51.2 Å². The van der Waals surface area contributed by atoms with Gasteiger partial charge in [-0.05, 0) is 159 Å². The fourth-order valence-corrected chi connectivity index (χ4v) is 21.2. The number of carboxylic acid groups (broad SMARTS) is 2. The van der Waals surface area contributed by atoms with E-state index in [2.05, 4.69) is 40.1 Å². The highest BCUT2D eigenvalue weighted by Crippen LogP contribution is 2.72. The molecule has 12 rings (SSSR count). The number of pyridine rings is 1. The van der Waals surface area contributed by atoms with E-state index in [9.17, 15) is 76.9 Å². The number of aliphatic hydroxyl groups excluding tert-OH is 3. The van der Waals surface area contributed by atoms with E-state index in [0.29, 0.717) is 203 Å². The van der Waals surface area contributed by atoms with E-state index < -0.39 is 119 Å². The second-order valence-electron chi connectivity index (χ2n) is 37.3. The lowest BCUT2D eigenvalue weighted by molar-refractivity contribution is -0.248. The zero-order valence-corrected chi connectivity index (χ0v) is 82.9. The van der Waals surface area contributed by atoms with Crippen LogP contribution in [-0.2, 0) is 133 Å². The lowest BCUT2D eigenvalue weighted by Gasteiger charge is -2.69. The number of carbonyl (C=O) groups is 8. The number of aliphatic hydroxyl groups is 3. The Bertz CT molecular complexity index is 5130. The quantitative estimate of drug-likeness (QED) is 0.0137. The van der Waals surface area contributed by atoms with Crippen molar-refractivity contribution in [2.45, 2.75) is 187 Å². The number of hydrogen-bond acceptors (Lipinski definition) is 32. The molecule has 6 amide bonds. The van der Waals surface area contributed by atoms with Crippen LogP contribution in [0.1, 0.15) is 148 Å². The van der Waals surface area contributed by atoms with Gasteiger partial charge in [0, 0.05) is 93.8 Å². The molecule has 6 aromatic rings. The first kappa shape index (κ1) is 111. The Morgan fingerprint density at radius 1 is 0.629 bits per heavy atom. The molecule has 5 heterocycles. The predicted octanol–water partition coefficient (Wildman–Crippen LogP) is 6.93. The number of anilines is 3. The smallest absolute Gasteiger partial charge is 0.410 e. The minimum absolute atomic E-state index is 0.0189. The molecule has 1 saturated heterocycles. The molecule has 2 aliphatic heterocycles. The molecule has 0 spiro atoms. The Morgan fingerprint density at radius 2 is 1.23 bits per heavy atom. The first-order chi connectivity index (χ1) is 67.1. The molecule has 3 aromatic heterocycles. The van der Waals surface area contributed by atoms with Gasteiger partial charge in [-0.25, -0.2) is 24.4 Å².